The second-order valence-corrected chi connectivity index (χ2v) is 9.54. The molecular formula is C28H31P. The molecule has 0 radical (unpaired) electrons. The molecule has 3 aromatic rings. The molecule has 0 atom stereocenters. The van der Waals surface area contributed by atoms with E-state index in [1.807, 2.05) is 0 Å². The molecule has 1 aliphatic carbocycles. The summed E-state index contributed by atoms with van der Waals surface area (Å²) >= 11 is 0. The summed E-state index contributed by atoms with van der Waals surface area (Å²) in [5.41, 5.74) is 5.84. The second kappa shape index (κ2) is 9.86. The smallest absolute Gasteiger partial charge is 0.00631 e. The molecule has 4 rings (SSSR count). The van der Waals surface area contributed by atoms with Gasteiger partial charge in [-0.3, -0.25) is 0 Å². The Hall–Kier alpha value is -2.43. The molecule has 1 aliphatic rings. The molecule has 0 saturated heterocycles. The quantitative estimate of drug-likeness (QED) is 0.417. The van der Waals surface area contributed by atoms with Crippen molar-refractivity contribution in [3.8, 4) is 0 Å². The van der Waals surface area contributed by atoms with Gasteiger partial charge in [0.05, 0.1) is 0 Å². The third kappa shape index (κ3) is 5.78. The van der Waals surface area contributed by atoms with Gasteiger partial charge >= 0.3 is 0 Å². The topological polar surface area (TPSA) is 0 Å². The second-order valence-electron chi connectivity index (χ2n) is 8.22. The fourth-order valence-corrected chi connectivity index (χ4v) is 4.75. The Labute approximate surface area is 178 Å². The van der Waals surface area contributed by atoms with Gasteiger partial charge in [-0.15, -0.1) is 0 Å². The Morgan fingerprint density at radius 3 is 1.72 bits per heavy atom. The average molecular weight is 399 g/mol. The van der Waals surface area contributed by atoms with Crippen LogP contribution in [0.15, 0.2) is 97.1 Å². The summed E-state index contributed by atoms with van der Waals surface area (Å²) in [4.78, 5) is 0. The van der Waals surface area contributed by atoms with Crippen LogP contribution in [0.25, 0.3) is 5.57 Å². The van der Waals surface area contributed by atoms with Gasteiger partial charge in [0.15, 0.2) is 0 Å². The van der Waals surface area contributed by atoms with Crippen LogP contribution in [0, 0.1) is 19.3 Å². The van der Waals surface area contributed by atoms with E-state index >= 15 is 0 Å². The molecule has 0 spiro atoms. The molecule has 0 aliphatic heterocycles. The minimum atomic E-state index is 0.274. The van der Waals surface area contributed by atoms with Gasteiger partial charge in [-0.05, 0) is 58.6 Å². The number of hydrogen-bond acceptors (Lipinski definition) is 0. The van der Waals surface area contributed by atoms with Crippen LogP contribution in [0.2, 0.25) is 0 Å². The van der Waals surface area contributed by atoms with E-state index in [1.165, 1.54) is 32.9 Å². The van der Waals surface area contributed by atoms with Crippen LogP contribution < -0.4 is 10.6 Å². The van der Waals surface area contributed by atoms with E-state index < -0.39 is 0 Å². The highest BCUT2D eigenvalue weighted by molar-refractivity contribution is 7.55. The van der Waals surface area contributed by atoms with E-state index in [2.05, 4.69) is 125 Å². The summed E-state index contributed by atoms with van der Waals surface area (Å²) in [5.74, 6) is 0. The van der Waals surface area contributed by atoms with Crippen molar-refractivity contribution in [3.05, 3.63) is 114 Å². The van der Waals surface area contributed by atoms with Crippen LogP contribution in [-0.4, -0.2) is 0 Å². The summed E-state index contributed by atoms with van der Waals surface area (Å²) < 4.78 is 0. The maximum absolute atomic E-state index is 2.30. The van der Waals surface area contributed by atoms with Gasteiger partial charge in [0.25, 0.3) is 0 Å². The molecule has 0 fully saturated rings. The van der Waals surface area contributed by atoms with Crippen molar-refractivity contribution in [2.75, 3.05) is 0 Å². The first-order valence-electron chi connectivity index (χ1n) is 10.3. The standard InChI is InChI=1S/C14H15P.C14H16/c1-11-7-3-5-9-13(11)15-14-10-6-4-8-12(14)2;1-14(2)11-7-6-10-13(14)12-8-4-3-5-9-12/h3-10,15H,1-2H3;3-10H,11H2,1-2H3. The maximum Gasteiger partial charge on any atom is -0.00631 e. The molecule has 0 bridgehead atoms. The van der Waals surface area contributed by atoms with E-state index in [0.717, 1.165) is 15.0 Å². The molecule has 148 valence electrons. The van der Waals surface area contributed by atoms with Gasteiger partial charge < -0.3 is 0 Å². The molecule has 1 heteroatoms. The van der Waals surface area contributed by atoms with Gasteiger partial charge in [-0.1, -0.05) is 120 Å². The zero-order valence-electron chi connectivity index (χ0n) is 17.9. The van der Waals surface area contributed by atoms with Gasteiger partial charge in [-0.2, -0.15) is 0 Å². The zero-order chi connectivity index (χ0) is 20.7. The van der Waals surface area contributed by atoms with Crippen LogP contribution in [-0.2, 0) is 0 Å². The van der Waals surface area contributed by atoms with Crippen molar-refractivity contribution < 1.29 is 0 Å². The third-order valence-corrected chi connectivity index (χ3v) is 7.06. The van der Waals surface area contributed by atoms with Gasteiger partial charge in [-0.25, -0.2) is 0 Å². The minimum absolute atomic E-state index is 0.274. The lowest BCUT2D eigenvalue weighted by atomic mass is 9.75. The maximum atomic E-state index is 2.30. The van der Waals surface area contributed by atoms with E-state index in [4.69, 9.17) is 0 Å². The molecular weight excluding hydrogens is 367 g/mol. The molecule has 29 heavy (non-hydrogen) atoms. The normalized spacial score (nSPS) is 14.6. The summed E-state index contributed by atoms with van der Waals surface area (Å²) in [7, 11) is 0.774. The molecule has 3 aromatic carbocycles. The molecule has 0 aromatic heterocycles. The number of aryl methyl sites for hydroxylation is 2. The first kappa shape index (κ1) is 21.3. The molecule has 0 amide bonds. The highest BCUT2D eigenvalue weighted by Crippen LogP contribution is 2.39. The molecule has 0 nitrogen and oxygen atoms in total. The molecule has 0 unspecified atom stereocenters. The highest BCUT2D eigenvalue weighted by atomic mass is 31.1. The Bertz CT molecular complexity index is 950. The summed E-state index contributed by atoms with van der Waals surface area (Å²) in [6.07, 6.45) is 7.77. The van der Waals surface area contributed by atoms with Crippen molar-refractivity contribution in [3.63, 3.8) is 0 Å². The fourth-order valence-electron chi connectivity index (χ4n) is 3.54. The lowest BCUT2D eigenvalue weighted by Crippen LogP contribution is -2.14. The van der Waals surface area contributed by atoms with Gasteiger partial charge in [0, 0.05) is 0 Å². The first-order valence-corrected chi connectivity index (χ1v) is 11.3. The number of hydrogen-bond donors (Lipinski definition) is 0. The largest absolute Gasteiger partial charge is 0.0837 e. The van der Waals surface area contributed by atoms with Crippen LogP contribution in [0.1, 0.15) is 37.0 Å². The molecule has 0 N–H and O–H groups in total. The molecule has 0 heterocycles. The first-order chi connectivity index (χ1) is 14.0. The summed E-state index contributed by atoms with van der Waals surface area (Å²) in [6, 6.07) is 27.9. The van der Waals surface area contributed by atoms with Crippen molar-refractivity contribution in [1.82, 2.24) is 0 Å². The van der Waals surface area contributed by atoms with E-state index in [0.29, 0.717) is 0 Å². The number of rotatable bonds is 3. The Morgan fingerprint density at radius 2 is 1.21 bits per heavy atom. The van der Waals surface area contributed by atoms with E-state index in [1.54, 1.807) is 0 Å². The Kier molecular flexibility index (Phi) is 7.24. The van der Waals surface area contributed by atoms with Crippen LogP contribution >= 0.6 is 8.58 Å². The predicted molar refractivity (Wildman–Crippen MR) is 132 cm³/mol. The lowest BCUT2D eigenvalue weighted by molar-refractivity contribution is 0.506. The fraction of sp³-hybridized carbons (Fsp3) is 0.214. The monoisotopic (exact) mass is 398 g/mol. The number of benzene rings is 3. The average Bonchev–Trinajstić information content (AvgIpc) is 2.72. The highest BCUT2D eigenvalue weighted by Gasteiger charge is 2.24. The van der Waals surface area contributed by atoms with Gasteiger partial charge in [0.2, 0.25) is 0 Å². The van der Waals surface area contributed by atoms with Gasteiger partial charge in [0.1, 0.15) is 0 Å². The van der Waals surface area contributed by atoms with Crippen molar-refractivity contribution >= 4 is 24.8 Å². The lowest BCUT2D eigenvalue weighted by Gasteiger charge is -2.29. The summed E-state index contributed by atoms with van der Waals surface area (Å²) in [6.45, 7) is 8.96. The van der Waals surface area contributed by atoms with Crippen LogP contribution in [0.3, 0.4) is 0 Å². The van der Waals surface area contributed by atoms with E-state index in [-0.39, 0.29) is 5.41 Å². The van der Waals surface area contributed by atoms with Crippen LogP contribution in [0.4, 0.5) is 0 Å². The number of allylic oxidation sites excluding steroid dienone is 4. The van der Waals surface area contributed by atoms with Crippen molar-refractivity contribution in [2.45, 2.75) is 34.1 Å². The Morgan fingerprint density at radius 1 is 0.690 bits per heavy atom. The van der Waals surface area contributed by atoms with E-state index in [9.17, 15) is 0 Å². The Balaban J connectivity index is 0.000000166. The van der Waals surface area contributed by atoms with Crippen molar-refractivity contribution in [2.24, 2.45) is 5.41 Å². The van der Waals surface area contributed by atoms with Crippen molar-refractivity contribution in [1.29, 1.82) is 0 Å². The predicted octanol–water partition coefficient (Wildman–Crippen LogP) is 6.99. The third-order valence-electron chi connectivity index (χ3n) is 5.40. The zero-order valence-corrected chi connectivity index (χ0v) is 18.9. The minimum Gasteiger partial charge on any atom is -0.0837 e. The summed E-state index contributed by atoms with van der Waals surface area (Å²) in [5, 5.41) is 2.90. The van der Waals surface area contributed by atoms with Crippen LogP contribution in [0.5, 0.6) is 0 Å². The molecule has 0 saturated carbocycles. The SMILES string of the molecule is CC1(C)CC=CC=C1c1ccccc1.Cc1ccccc1Pc1ccccc1C.